The molecule has 0 atom stereocenters. The first-order valence-electron chi connectivity index (χ1n) is 9.72. The molecule has 0 saturated carbocycles. The minimum atomic E-state index is 0.569. The van der Waals surface area contributed by atoms with Gasteiger partial charge in [0.2, 0.25) is 0 Å². The van der Waals surface area contributed by atoms with Gasteiger partial charge in [0, 0.05) is 23.2 Å². The van der Waals surface area contributed by atoms with Gasteiger partial charge in [0.1, 0.15) is 0 Å². The van der Waals surface area contributed by atoms with E-state index >= 15 is 0 Å². The summed E-state index contributed by atoms with van der Waals surface area (Å²) in [5.74, 6) is 0. The molecule has 0 spiro atoms. The smallest absolute Gasteiger partial charge is 0.0473 e. The van der Waals surface area contributed by atoms with Gasteiger partial charge >= 0.3 is 0 Å². The topological polar surface area (TPSA) is 52.0 Å². The SMILES string of the molecule is CCc1cc(CN)cc(CC)c1-c1ccc2cc3ccccc3cc2c1N. The van der Waals surface area contributed by atoms with Crippen molar-refractivity contribution in [1.29, 1.82) is 0 Å². The molecule has 4 aromatic rings. The zero-order valence-corrected chi connectivity index (χ0v) is 16.0. The van der Waals surface area contributed by atoms with Crippen LogP contribution in [0.3, 0.4) is 0 Å². The van der Waals surface area contributed by atoms with Crippen LogP contribution in [0.5, 0.6) is 0 Å². The second-order valence-electron chi connectivity index (χ2n) is 7.15. The highest BCUT2D eigenvalue weighted by molar-refractivity contribution is 6.07. The fourth-order valence-corrected chi connectivity index (χ4v) is 4.12. The maximum absolute atomic E-state index is 6.74. The highest BCUT2D eigenvalue weighted by Gasteiger charge is 2.15. The van der Waals surface area contributed by atoms with Crippen LogP contribution in [0.15, 0.2) is 60.7 Å². The maximum atomic E-state index is 6.74. The molecule has 0 amide bonds. The average Bonchev–Trinajstić information content (AvgIpc) is 2.72. The van der Waals surface area contributed by atoms with Crippen molar-refractivity contribution in [2.24, 2.45) is 5.73 Å². The van der Waals surface area contributed by atoms with Gasteiger partial charge in [0.25, 0.3) is 0 Å². The number of hydrogen-bond acceptors (Lipinski definition) is 2. The summed E-state index contributed by atoms with van der Waals surface area (Å²) < 4.78 is 0. The van der Waals surface area contributed by atoms with Gasteiger partial charge in [-0.05, 0) is 63.4 Å². The normalized spacial score (nSPS) is 11.4. The lowest BCUT2D eigenvalue weighted by atomic mass is 9.87. The van der Waals surface area contributed by atoms with Gasteiger partial charge in [-0.15, -0.1) is 0 Å². The Labute approximate surface area is 160 Å². The van der Waals surface area contributed by atoms with Crippen LogP contribution in [0.25, 0.3) is 32.7 Å². The number of benzene rings is 4. The molecule has 2 heteroatoms. The van der Waals surface area contributed by atoms with Gasteiger partial charge in [-0.2, -0.15) is 0 Å². The van der Waals surface area contributed by atoms with Gasteiger partial charge in [-0.25, -0.2) is 0 Å². The first-order chi connectivity index (χ1) is 13.2. The maximum Gasteiger partial charge on any atom is 0.0473 e. The largest absolute Gasteiger partial charge is 0.398 e. The number of nitrogens with two attached hydrogens (primary N) is 2. The van der Waals surface area contributed by atoms with E-state index in [2.05, 4.69) is 74.5 Å². The summed E-state index contributed by atoms with van der Waals surface area (Å²) in [5.41, 5.74) is 19.8. The third-order valence-electron chi connectivity index (χ3n) is 5.56. The molecule has 0 aliphatic rings. The van der Waals surface area contributed by atoms with Crippen LogP contribution in [-0.4, -0.2) is 0 Å². The van der Waals surface area contributed by atoms with Gasteiger partial charge < -0.3 is 11.5 Å². The summed E-state index contributed by atoms with van der Waals surface area (Å²) >= 11 is 0. The first kappa shape index (κ1) is 17.6. The highest BCUT2D eigenvalue weighted by atomic mass is 14.6. The van der Waals surface area contributed by atoms with Crippen molar-refractivity contribution in [3.05, 3.63) is 77.4 Å². The van der Waals surface area contributed by atoms with Crippen LogP contribution in [0, 0.1) is 0 Å². The summed E-state index contributed by atoms with van der Waals surface area (Å²) in [4.78, 5) is 0. The Morgan fingerprint density at radius 2 is 1.37 bits per heavy atom. The van der Waals surface area contributed by atoms with Crippen molar-refractivity contribution >= 4 is 27.2 Å². The summed E-state index contributed by atoms with van der Waals surface area (Å²) in [6, 6.07) is 21.7. The van der Waals surface area contributed by atoms with Gasteiger partial charge in [-0.1, -0.05) is 62.4 Å². The number of nitrogen functional groups attached to an aromatic ring is 1. The van der Waals surface area contributed by atoms with Crippen molar-refractivity contribution in [3.63, 3.8) is 0 Å². The summed E-state index contributed by atoms with van der Waals surface area (Å²) in [7, 11) is 0. The van der Waals surface area contributed by atoms with E-state index in [0.717, 1.165) is 29.5 Å². The van der Waals surface area contributed by atoms with E-state index in [9.17, 15) is 0 Å². The molecule has 2 nitrogen and oxygen atoms in total. The monoisotopic (exact) mass is 354 g/mol. The molecule has 4 aromatic carbocycles. The molecule has 0 unspecified atom stereocenters. The second kappa shape index (κ2) is 7.05. The van der Waals surface area contributed by atoms with Crippen molar-refractivity contribution in [2.45, 2.75) is 33.2 Å². The minimum absolute atomic E-state index is 0.569. The fraction of sp³-hybridized carbons (Fsp3) is 0.200. The van der Waals surface area contributed by atoms with Gasteiger partial charge in [-0.3, -0.25) is 0 Å². The molecule has 0 radical (unpaired) electrons. The summed E-state index contributed by atoms with van der Waals surface area (Å²) in [6.45, 7) is 4.96. The quantitative estimate of drug-likeness (QED) is 0.358. The average molecular weight is 354 g/mol. The Kier molecular flexibility index (Phi) is 4.59. The van der Waals surface area contributed by atoms with Crippen molar-refractivity contribution < 1.29 is 0 Å². The summed E-state index contributed by atoms with van der Waals surface area (Å²) in [6.07, 6.45) is 1.93. The zero-order chi connectivity index (χ0) is 19.0. The minimum Gasteiger partial charge on any atom is -0.398 e. The van der Waals surface area contributed by atoms with E-state index in [1.807, 2.05) is 0 Å². The number of anilines is 1. The molecule has 4 rings (SSSR count). The van der Waals surface area contributed by atoms with E-state index in [1.54, 1.807) is 0 Å². The molecule has 0 aliphatic carbocycles. The Balaban J connectivity index is 2.02. The van der Waals surface area contributed by atoms with Crippen LogP contribution >= 0.6 is 0 Å². The lowest BCUT2D eigenvalue weighted by Crippen LogP contribution is -2.03. The van der Waals surface area contributed by atoms with Crippen molar-refractivity contribution in [3.8, 4) is 11.1 Å². The molecule has 0 heterocycles. The van der Waals surface area contributed by atoms with E-state index in [-0.39, 0.29) is 0 Å². The van der Waals surface area contributed by atoms with E-state index in [0.29, 0.717) is 6.54 Å². The molecular formula is C25H26N2. The molecule has 27 heavy (non-hydrogen) atoms. The van der Waals surface area contributed by atoms with Crippen LogP contribution < -0.4 is 11.5 Å². The number of fused-ring (bicyclic) bond motifs is 2. The highest BCUT2D eigenvalue weighted by Crippen LogP contribution is 2.38. The van der Waals surface area contributed by atoms with E-state index < -0.39 is 0 Å². The lowest BCUT2D eigenvalue weighted by Gasteiger charge is -2.18. The molecule has 0 bridgehead atoms. The lowest BCUT2D eigenvalue weighted by molar-refractivity contribution is 1.02. The van der Waals surface area contributed by atoms with Crippen molar-refractivity contribution in [2.75, 3.05) is 5.73 Å². The predicted octanol–water partition coefficient (Wildman–Crippen LogP) is 5.83. The number of aryl methyl sites for hydroxylation is 2. The standard InChI is InChI=1S/C25H26N2/c1-3-17-11-16(15-26)12-18(4-2)24(17)22-10-9-21-13-19-7-5-6-8-20(19)14-23(21)25(22)27/h5-14H,3-4,15,26-27H2,1-2H3. The Bertz CT molecular complexity index is 1120. The Morgan fingerprint density at radius 1 is 0.741 bits per heavy atom. The molecule has 0 fully saturated rings. The molecule has 0 aromatic heterocycles. The van der Waals surface area contributed by atoms with Crippen LogP contribution in [0.4, 0.5) is 5.69 Å². The van der Waals surface area contributed by atoms with Gasteiger partial charge in [0.15, 0.2) is 0 Å². The molecule has 136 valence electrons. The predicted molar refractivity (Wildman–Crippen MR) is 118 cm³/mol. The van der Waals surface area contributed by atoms with E-state index in [4.69, 9.17) is 11.5 Å². The van der Waals surface area contributed by atoms with Crippen LogP contribution in [0.1, 0.15) is 30.5 Å². The van der Waals surface area contributed by atoms with Crippen molar-refractivity contribution in [1.82, 2.24) is 0 Å². The molecule has 0 aliphatic heterocycles. The van der Waals surface area contributed by atoms with Crippen LogP contribution in [0.2, 0.25) is 0 Å². The Morgan fingerprint density at radius 3 is 1.96 bits per heavy atom. The number of hydrogen-bond donors (Lipinski definition) is 2. The number of rotatable bonds is 4. The third kappa shape index (κ3) is 2.96. The molecule has 0 saturated heterocycles. The Hall–Kier alpha value is -2.84. The van der Waals surface area contributed by atoms with E-state index in [1.165, 1.54) is 38.4 Å². The first-order valence-corrected chi connectivity index (χ1v) is 9.72. The fourth-order valence-electron chi connectivity index (χ4n) is 4.12. The molecular weight excluding hydrogens is 328 g/mol. The second-order valence-corrected chi connectivity index (χ2v) is 7.15. The zero-order valence-electron chi connectivity index (χ0n) is 16.0. The summed E-state index contributed by atoms with van der Waals surface area (Å²) in [5, 5.41) is 4.77. The third-order valence-corrected chi connectivity index (χ3v) is 5.56. The van der Waals surface area contributed by atoms with Crippen LogP contribution in [-0.2, 0) is 19.4 Å². The van der Waals surface area contributed by atoms with Gasteiger partial charge in [0.05, 0.1) is 0 Å². The molecule has 4 N–H and O–H groups in total.